The summed E-state index contributed by atoms with van der Waals surface area (Å²) in [5.41, 5.74) is 3.90. The van der Waals surface area contributed by atoms with E-state index in [9.17, 15) is 32.7 Å². The Morgan fingerprint density at radius 2 is 1.59 bits per heavy atom. The first-order valence-electron chi connectivity index (χ1n) is 21.4. The lowest BCUT2D eigenvalue weighted by Gasteiger charge is -2.37. The van der Waals surface area contributed by atoms with Gasteiger partial charge in [-0.25, -0.2) is 8.42 Å². The number of likely N-dealkylation sites (N-methyl/N-ethyl adjacent to an activating group) is 1. The smallest absolute Gasteiger partial charge is 0.255 e. The molecular weight excluding hydrogens is 839 g/mol. The summed E-state index contributed by atoms with van der Waals surface area (Å²) in [5.74, 6) is 0.909. The summed E-state index contributed by atoms with van der Waals surface area (Å²) in [7, 11) is -3.35. The maximum atomic E-state index is 13.3. The number of piperidine rings is 1. The summed E-state index contributed by atoms with van der Waals surface area (Å²) >= 11 is 0. The van der Waals surface area contributed by atoms with Gasteiger partial charge in [0.05, 0.1) is 11.5 Å². The van der Waals surface area contributed by atoms with Crippen molar-refractivity contribution in [2.45, 2.75) is 37.2 Å². The fourth-order valence-electron chi connectivity index (χ4n) is 8.46. The largest absolute Gasteiger partial charge is 0.508 e. The van der Waals surface area contributed by atoms with Crippen molar-refractivity contribution in [2.24, 2.45) is 0 Å². The molecule has 15 nitrogen and oxygen atoms in total. The fourth-order valence-corrected chi connectivity index (χ4v) is 9.09. The van der Waals surface area contributed by atoms with Crippen molar-refractivity contribution < 1.29 is 46.9 Å². The number of imide groups is 1. The molecule has 334 valence electrons. The molecule has 8 rings (SSSR count). The maximum Gasteiger partial charge on any atom is 0.255 e. The van der Waals surface area contributed by atoms with Crippen LogP contribution in [-0.2, 0) is 35.5 Å². The summed E-state index contributed by atoms with van der Waals surface area (Å²) < 4.78 is 42.5. The van der Waals surface area contributed by atoms with E-state index in [0.29, 0.717) is 88.3 Å². The molecule has 1 atom stereocenters. The molecular formula is C48H51N5O10S. The summed E-state index contributed by atoms with van der Waals surface area (Å²) in [6.07, 6.45) is 1.68. The molecule has 5 aromatic carbocycles. The Balaban J connectivity index is 0.778. The van der Waals surface area contributed by atoms with Crippen LogP contribution in [0, 0.1) is 0 Å². The van der Waals surface area contributed by atoms with Crippen LogP contribution in [-0.4, -0.2) is 130 Å². The molecule has 16 heteroatoms. The number of phenolic OH excluding ortho intramolecular Hbond substituents is 1. The minimum Gasteiger partial charge on any atom is -0.508 e. The van der Waals surface area contributed by atoms with Crippen LogP contribution in [0.2, 0.25) is 0 Å². The standard InChI is InChI=1S/C48H51N5O10S/c1-3-50(25-27-61-31-45(56)52-23-21-51(22-24-52)42-6-4-5-40-41(42)30-53(48(40)58)43-19-20-44(55)49-47(43)57)26-28-62-35-11-13-36(14-12-35)63-46-38(17-9-33-29-34(54)10-18-39(33)46)32-7-15-37(16-8-32)64(2,59)60/h4-18,29,43,54H,3,19-28,30-31H2,1-2H3,(H,49,55,57). The third-order valence-electron chi connectivity index (χ3n) is 12.0. The lowest BCUT2D eigenvalue weighted by atomic mass is 9.99. The van der Waals surface area contributed by atoms with Gasteiger partial charge in [-0.2, -0.15) is 0 Å². The van der Waals surface area contributed by atoms with Crippen molar-refractivity contribution in [3.63, 3.8) is 0 Å². The van der Waals surface area contributed by atoms with Crippen LogP contribution in [0.1, 0.15) is 35.7 Å². The highest BCUT2D eigenvalue weighted by Gasteiger charge is 2.40. The number of amides is 4. The van der Waals surface area contributed by atoms with E-state index < -0.39 is 21.8 Å². The third-order valence-corrected chi connectivity index (χ3v) is 13.2. The SMILES string of the molecule is CCN(CCOCC(=O)N1CCN(c2cccc3c2CN(C2CCC(=O)NC2=O)C3=O)CC1)CCOc1ccc(Oc2c(-c3ccc(S(C)(=O)=O)cc3)ccc3cc(O)ccc23)cc1. The Bertz CT molecular complexity index is 2670. The van der Waals surface area contributed by atoms with E-state index in [1.54, 1.807) is 58.3 Å². The first-order valence-corrected chi connectivity index (χ1v) is 23.3. The van der Waals surface area contributed by atoms with Gasteiger partial charge in [-0.05, 0) is 96.7 Å². The number of benzene rings is 5. The molecule has 4 amide bonds. The zero-order valence-electron chi connectivity index (χ0n) is 35.8. The Labute approximate surface area is 372 Å². The van der Waals surface area contributed by atoms with Crippen molar-refractivity contribution in [1.82, 2.24) is 20.0 Å². The molecule has 5 aromatic rings. The molecule has 3 aliphatic heterocycles. The molecule has 64 heavy (non-hydrogen) atoms. The number of anilines is 1. The maximum absolute atomic E-state index is 13.3. The zero-order valence-corrected chi connectivity index (χ0v) is 36.6. The minimum atomic E-state index is -3.35. The van der Waals surface area contributed by atoms with Crippen molar-refractivity contribution >= 4 is 49.9 Å². The average Bonchev–Trinajstić information content (AvgIpc) is 3.63. The van der Waals surface area contributed by atoms with Gasteiger partial charge in [0.25, 0.3) is 5.91 Å². The fraction of sp³-hybridized carbons (Fsp3) is 0.333. The van der Waals surface area contributed by atoms with Gasteiger partial charge in [-0.15, -0.1) is 0 Å². The van der Waals surface area contributed by atoms with E-state index in [2.05, 4.69) is 22.0 Å². The van der Waals surface area contributed by atoms with Gasteiger partial charge in [0.1, 0.15) is 42.3 Å². The molecule has 2 fully saturated rings. The molecule has 1 unspecified atom stereocenters. The topological polar surface area (TPSA) is 175 Å². The van der Waals surface area contributed by atoms with E-state index in [1.807, 2.05) is 48.5 Å². The summed E-state index contributed by atoms with van der Waals surface area (Å²) in [6.45, 7) is 7.44. The number of phenols is 1. The number of hydrogen-bond acceptors (Lipinski definition) is 12. The predicted octanol–water partition coefficient (Wildman–Crippen LogP) is 5.24. The quantitative estimate of drug-likeness (QED) is 0.0977. The van der Waals surface area contributed by atoms with Crippen molar-refractivity contribution in [1.29, 1.82) is 0 Å². The number of carbonyl (C=O) groups is 4. The zero-order chi connectivity index (χ0) is 45.0. The van der Waals surface area contributed by atoms with Crippen LogP contribution < -0.4 is 19.7 Å². The molecule has 0 aromatic heterocycles. The van der Waals surface area contributed by atoms with Gasteiger partial charge in [-0.1, -0.05) is 31.2 Å². The molecule has 0 spiro atoms. The van der Waals surface area contributed by atoms with Crippen LogP contribution in [0.15, 0.2) is 102 Å². The van der Waals surface area contributed by atoms with Gasteiger partial charge in [-0.3, -0.25) is 29.4 Å². The van der Waals surface area contributed by atoms with E-state index in [0.717, 1.165) is 39.7 Å². The van der Waals surface area contributed by atoms with Crippen LogP contribution in [0.3, 0.4) is 0 Å². The highest BCUT2D eigenvalue weighted by atomic mass is 32.2. The number of ether oxygens (including phenoxy) is 3. The molecule has 3 aliphatic rings. The Morgan fingerprint density at radius 1 is 0.859 bits per heavy atom. The molecule has 0 aliphatic carbocycles. The molecule has 0 bridgehead atoms. The lowest BCUT2D eigenvalue weighted by Crippen LogP contribution is -2.52. The first kappa shape index (κ1) is 44.1. The number of nitrogens with zero attached hydrogens (tertiary/aromatic N) is 4. The van der Waals surface area contributed by atoms with Crippen LogP contribution in [0.5, 0.6) is 23.0 Å². The average molecular weight is 890 g/mol. The van der Waals surface area contributed by atoms with Crippen molar-refractivity contribution in [2.75, 3.05) is 76.8 Å². The number of carbonyl (C=O) groups excluding carboxylic acids is 4. The second-order valence-electron chi connectivity index (χ2n) is 16.1. The number of hydrogen-bond donors (Lipinski definition) is 2. The number of fused-ring (bicyclic) bond motifs is 2. The van der Waals surface area contributed by atoms with Crippen molar-refractivity contribution in [3.8, 4) is 34.1 Å². The Morgan fingerprint density at radius 3 is 2.31 bits per heavy atom. The van der Waals surface area contributed by atoms with Gasteiger partial charge in [0.2, 0.25) is 17.7 Å². The Hall–Kier alpha value is -6.49. The highest BCUT2D eigenvalue weighted by Crippen LogP contribution is 2.41. The van der Waals surface area contributed by atoms with Gasteiger partial charge < -0.3 is 34.0 Å². The monoisotopic (exact) mass is 889 g/mol. The van der Waals surface area contributed by atoms with Gasteiger partial charge in [0.15, 0.2) is 9.84 Å². The van der Waals surface area contributed by atoms with Crippen molar-refractivity contribution in [3.05, 3.63) is 108 Å². The first-order chi connectivity index (χ1) is 30.9. The van der Waals surface area contributed by atoms with E-state index >= 15 is 0 Å². The van der Waals surface area contributed by atoms with Gasteiger partial charge in [0, 0.05) is 86.3 Å². The van der Waals surface area contributed by atoms with Crippen LogP contribution >= 0.6 is 0 Å². The molecule has 2 saturated heterocycles. The Kier molecular flexibility index (Phi) is 13.2. The summed E-state index contributed by atoms with van der Waals surface area (Å²) in [6, 6.07) is 27.7. The van der Waals surface area contributed by atoms with Crippen LogP contribution in [0.4, 0.5) is 5.69 Å². The van der Waals surface area contributed by atoms with E-state index in [1.165, 1.54) is 6.26 Å². The minimum absolute atomic E-state index is 0.0170. The normalized spacial score (nSPS) is 16.6. The van der Waals surface area contributed by atoms with Crippen LogP contribution in [0.25, 0.3) is 21.9 Å². The molecule has 3 heterocycles. The summed E-state index contributed by atoms with van der Waals surface area (Å²) in [5, 5.41) is 14.0. The number of rotatable bonds is 16. The second-order valence-corrected chi connectivity index (χ2v) is 18.1. The summed E-state index contributed by atoms with van der Waals surface area (Å²) in [4.78, 5) is 58.6. The number of aromatic hydroxyl groups is 1. The predicted molar refractivity (Wildman–Crippen MR) is 240 cm³/mol. The van der Waals surface area contributed by atoms with Gasteiger partial charge >= 0.3 is 0 Å². The van der Waals surface area contributed by atoms with E-state index in [4.69, 9.17) is 14.2 Å². The molecule has 0 saturated carbocycles. The molecule has 0 radical (unpaired) electrons. The highest BCUT2D eigenvalue weighted by molar-refractivity contribution is 7.90. The van der Waals surface area contributed by atoms with E-state index in [-0.39, 0.29) is 41.4 Å². The number of sulfone groups is 1. The number of piperazine rings is 1. The second kappa shape index (κ2) is 19.1. The third kappa shape index (κ3) is 9.83. The molecule has 2 N–H and O–H groups in total. The number of nitrogens with one attached hydrogen (secondary N) is 1. The lowest BCUT2D eigenvalue weighted by molar-refractivity contribution is -0.137.